The summed E-state index contributed by atoms with van der Waals surface area (Å²) in [5, 5.41) is 14.6. The lowest BCUT2D eigenvalue weighted by Crippen LogP contribution is -2.55. The van der Waals surface area contributed by atoms with Crippen molar-refractivity contribution in [2.24, 2.45) is 17.3 Å². The van der Waals surface area contributed by atoms with Gasteiger partial charge in [0, 0.05) is 24.4 Å². The summed E-state index contributed by atoms with van der Waals surface area (Å²) >= 11 is 0. The molecule has 0 aliphatic heterocycles. The third-order valence-electron chi connectivity index (χ3n) is 6.67. The number of benzene rings is 1. The van der Waals surface area contributed by atoms with Crippen molar-refractivity contribution in [1.82, 2.24) is 10.2 Å². The van der Waals surface area contributed by atoms with E-state index in [4.69, 9.17) is 0 Å². The molecule has 1 aliphatic rings. The Morgan fingerprint density at radius 2 is 1.73 bits per heavy atom. The second-order valence-electron chi connectivity index (χ2n) is 10.0. The Morgan fingerprint density at radius 1 is 1.17 bits per heavy atom. The average Bonchev–Trinajstić information content (AvgIpc) is 3.51. The predicted molar refractivity (Wildman–Crippen MR) is 121 cm³/mol. The number of aryl methyl sites for hydroxylation is 1. The van der Waals surface area contributed by atoms with Gasteiger partial charge < -0.3 is 10.0 Å². The van der Waals surface area contributed by atoms with E-state index in [1.54, 1.807) is 0 Å². The quantitative estimate of drug-likeness (QED) is 0.577. The van der Waals surface area contributed by atoms with E-state index in [0.717, 1.165) is 24.0 Å². The summed E-state index contributed by atoms with van der Waals surface area (Å²) < 4.78 is 0. The molecule has 5 heteroatoms. The number of ketones is 1. The van der Waals surface area contributed by atoms with Gasteiger partial charge >= 0.3 is 0 Å². The van der Waals surface area contributed by atoms with E-state index in [-0.39, 0.29) is 30.1 Å². The number of nitrogens with zero attached hydrogens (tertiary/aromatic N) is 1. The van der Waals surface area contributed by atoms with Crippen molar-refractivity contribution in [2.75, 3.05) is 19.6 Å². The molecular formula is C25H40N2O3. The van der Waals surface area contributed by atoms with Crippen LogP contribution >= 0.6 is 0 Å². The minimum absolute atomic E-state index is 0.0103. The van der Waals surface area contributed by atoms with Gasteiger partial charge in [-0.3, -0.25) is 14.9 Å². The van der Waals surface area contributed by atoms with E-state index in [9.17, 15) is 14.7 Å². The van der Waals surface area contributed by atoms with Crippen LogP contribution in [0.25, 0.3) is 0 Å². The topological polar surface area (TPSA) is 69.6 Å². The van der Waals surface area contributed by atoms with E-state index in [0.29, 0.717) is 13.1 Å². The second kappa shape index (κ2) is 9.61. The highest BCUT2D eigenvalue weighted by molar-refractivity contribution is 5.87. The molecule has 1 aromatic carbocycles. The Labute approximate surface area is 182 Å². The van der Waals surface area contributed by atoms with E-state index in [2.05, 4.69) is 5.32 Å². The molecule has 1 fully saturated rings. The number of carbonyl (C=O) groups is 2. The summed E-state index contributed by atoms with van der Waals surface area (Å²) in [5.74, 6) is 0.452. The molecule has 1 aromatic rings. The zero-order valence-corrected chi connectivity index (χ0v) is 19.8. The summed E-state index contributed by atoms with van der Waals surface area (Å²) in [4.78, 5) is 27.3. The van der Waals surface area contributed by atoms with Crippen molar-refractivity contribution in [3.05, 3.63) is 35.4 Å². The predicted octanol–water partition coefficient (Wildman–Crippen LogP) is 3.67. The Kier molecular flexibility index (Phi) is 7.86. The van der Waals surface area contributed by atoms with Crippen molar-refractivity contribution in [1.29, 1.82) is 0 Å². The molecular weight excluding hydrogens is 376 g/mol. The van der Waals surface area contributed by atoms with Crippen molar-refractivity contribution in [2.45, 2.75) is 73.0 Å². The fourth-order valence-corrected chi connectivity index (χ4v) is 3.81. The molecule has 2 atom stereocenters. The van der Waals surface area contributed by atoms with Crippen LogP contribution in [-0.4, -0.2) is 47.4 Å². The molecule has 168 valence electrons. The van der Waals surface area contributed by atoms with Crippen LogP contribution in [0.3, 0.4) is 0 Å². The van der Waals surface area contributed by atoms with Gasteiger partial charge in [0.1, 0.15) is 5.78 Å². The minimum atomic E-state index is -1.10. The lowest BCUT2D eigenvalue weighted by molar-refractivity contribution is -0.140. The third kappa shape index (κ3) is 5.70. The number of likely N-dealkylation sites (N-methyl/N-ethyl adjacent to an activating group) is 1. The lowest BCUT2D eigenvalue weighted by Gasteiger charge is -2.44. The molecule has 0 bridgehead atoms. The molecule has 30 heavy (non-hydrogen) atoms. The van der Waals surface area contributed by atoms with Gasteiger partial charge in [-0.1, -0.05) is 57.5 Å². The normalized spacial score (nSPS) is 17.5. The van der Waals surface area contributed by atoms with Gasteiger partial charge in [-0.05, 0) is 45.1 Å². The van der Waals surface area contributed by atoms with Gasteiger partial charge in [-0.2, -0.15) is 0 Å². The van der Waals surface area contributed by atoms with Crippen LogP contribution in [0.2, 0.25) is 0 Å². The molecule has 0 unspecified atom stereocenters. The molecule has 0 aromatic heterocycles. The molecule has 2 N–H and O–H groups in total. The van der Waals surface area contributed by atoms with Crippen LogP contribution in [0.1, 0.15) is 65.5 Å². The smallest absolute Gasteiger partial charge is 0.239 e. The molecule has 0 saturated heterocycles. The molecule has 5 nitrogen and oxygen atoms in total. The summed E-state index contributed by atoms with van der Waals surface area (Å²) in [7, 11) is 0. The highest BCUT2D eigenvalue weighted by Crippen LogP contribution is 2.40. The molecule has 0 heterocycles. The zero-order valence-electron chi connectivity index (χ0n) is 19.8. The Bertz CT molecular complexity index is 733. The van der Waals surface area contributed by atoms with Crippen molar-refractivity contribution < 1.29 is 14.7 Å². The van der Waals surface area contributed by atoms with Gasteiger partial charge in [0.15, 0.2) is 0 Å². The van der Waals surface area contributed by atoms with Gasteiger partial charge in [0.25, 0.3) is 0 Å². The van der Waals surface area contributed by atoms with Crippen molar-refractivity contribution >= 4 is 11.7 Å². The lowest BCUT2D eigenvalue weighted by atomic mass is 9.71. The van der Waals surface area contributed by atoms with Gasteiger partial charge in [-0.15, -0.1) is 0 Å². The van der Waals surface area contributed by atoms with E-state index < -0.39 is 17.1 Å². The van der Waals surface area contributed by atoms with E-state index in [1.807, 2.05) is 77.6 Å². The van der Waals surface area contributed by atoms with E-state index >= 15 is 0 Å². The van der Waals surface area contributed by atoms with Gasteiger partial charge in [-0.25, -0.2) is 0 Å². The summed E-state index contributed by atoms with van der Waals surface area (Å²) in [6.07, 6.45) is 1.95. The maximum Gasteiger partial charge on any atom is 0.239 e. The first-order valence-corrected chi connectivity index (χ1v) is 11.2. The van der Waals surface area contributed by atoms with Crippen LogP contribution in [-0.2, 0) is 15.2 Å². The molecule has 1 aliphatic carbocycles. The van der Waals surface area contributed by atoms with Crippen LogP contribution in [0.15, 0.2) is 24.3 Å². The molecule has 1 saturated carbocycles. The fraction of sp³-hybridized carbons (Fsp3) is 0.680. The van der Waals surface area contributed by atoms with Crippen molar-refractivity contribution in [3.63, 3.8) is 0 Å². The first-order chi connectivity index (χ1) is 13.9. The maximum atomic E-state index is 13.4. The maximum absolute atomic E-state index is 13.4. The Hall–Kier alpha value is -1.72. The van der Waals surface area contributed by atoms with Crippen LogP contribution in [0.4, 0.5) is 0 Å². The number of rotatable bonds is 11. The number of aliphatic hydroxyl groups is 1. The number of hydrogen-bond acceptors (Lipinski definition) is 4. The second-order valence-corrected chi connectivity index (χ2v) is 10.0. The zero-order chi connectivity index (χ0) is 22.7. The monoisotopic (exact) mass is 416 g/mol. The van der Waals surface area contributed by atoms with Crippen LogP contribution in [0.5, 0.6) is 0 Å². The first-order valence-electron chi connectivity index (χ1n) is 11.2. The summed E-state index contributed by atoms with van der Waals surface area (Å²) in [6.45, 7) is 15.0. The summed E-state index contributed by atoms with van der Waals surface area (Å²) in [5.41, 5.74) is 0.315. The number of carbonyl (C=O) groups excluding carboxylic acids is 2. The molecule has 2 rings (SSSR count). The highest BCUT2D eigenvalue weighted by atomic mass is 16.3. The van der Waals surface area contributed by atoms with Gasteiger partial charge in [0.05, 0.1) is 18.2 Å². The molecule has 0 spiro atoms. The highest BCUT2D eigenvalue weighted by Gasteiger charge is 2.43. The van der Waals surface area contributed by atoms with Crippen LogP contribution < -0.4 is 5.32 Å². The number of amides is 1. The number of Topliss-reactive ketones (excluding diaryl/α,β-unsaturated/α-hetero) is 1. The van der Waals surface area contributed by atoms with Gasteiger partial charge in [0.2, 0.25) is 5.91 Å². The largest absolute Gasteiger partial charge is 0.385 e. The average molecular weight is 417 g/mol. The third-order valence-corrected chi connectivity index (χ3v) is 6.67. The Balaban J connectivity index is 2.13. The fourth-order valence-electron chi connectivity index (χ4n) is 3.81. The standard InChI is InChI=1S/C25H40N2O3/c1-8-27(23(29)22(17(2)3)26-15-21(28)19-11-12-19)16-24(5,6)25(7,30)20-13-9-18(4)10-14-20/h9-10,13-14,17,19,22,26,30H,8,11-12,15-16H2,1-7H3/t22-,25+/m1/s1. The number of nitrogens with one attached hydrogen (secondary N) is 1. The minimum Gasteiger partial charge on any atom is -0.385 e. The first kappa shape index (κ1) is 24.5. The molecule has 1 amide bonds. The number of hydrogen-bond donors (Lipinski definition) is 2. The van der Waals surface area contributed by atoms with E-state index in [1.165, 1.54) is 0 Å². The summed E-state index contributed by atoms with van der Waals surface area (Å²) in [6, 6.07) is 7.50. The van der Waals surface area contributed by atoms with Crippen LogP contribution in [0, 0.1) is 24.2 Å². The Morgan fingerprint density at radius 3 is 2.20 bits per heavy atom. The SMILES string of the molecule is CCN(CC(C)(C)[C@@](C)(O)c1ccc(C)cc1)C(=O)[C@H](NCC(=O)C1CC1)C(C)C. The van der Waals surface area contributed by atoms with Crippen molar-refractivity contribution in [3.8, 4) is 0 Å². The molecule has 0 radical (unpaired) electrons.